The normalized spacial score (nSPS) is 9.92. The highest BCUT2D eigenvalue weighted by atomic mass is 19.1. The number of rotatable bonds is 3. The largest absolute Gasteiger partial charge is 0.372 e. The second-order valence-corrected chi connectivity index (χ2v) is 2.90. The second-order valence-electron chi connectivity index (χ2n) is 2.90. The van der Waals surface area contributed by atoms with Crippen molar-refractivity contribution in [2.75, 3.05) is 25.2 Å². The molecule has 0 saturated heterocycles. The third kappa shape index (κ3) is 1.97. The summed E-state index contributed by atoms with van der Waals surface area (Å²) in [5.41, 5.74) is 2.30. The van der Waals surface area contributed by atoms with Crippen molar-refractivity contribution in [1.82, 2.24) is 0 Å². The van der Waals surface area contributed by atoms with E-state index in [9.17, 15) is 4.39 Å². The Labute approximate surface area is 72.8 Å². The first kappa shape index (κ1) is 9.04. The summed E-state index contributed by atoms with van der Waals surface area (Å²) in [6.45, 7) is 2.19. The molecule has 0 aliphatic heterocycles. The molecular formula is C10H14FN. The minimum atomic E-state index is -0.301. The molecule has 0 amide bonds. The van der Waals surface area contributed by atoms with E-state index in [1.165, 1.54) is 5.56 Å². The number of para-hydroxylation sites is 1. The van der Waals surface area contributed by atoms with Crippen LogP contribution in [0.5, 0.6) is 0 Å². The van der Waals surface area contributed by atoms with Gasteiger partial charge in [0, 0.05) is 19.3 Å². The average molecular weight is 167 g/mol. The fourth-order valence-corrected chi connectivity index (χ4v) is 1.24. The number of halogens is 1. The van der Waals surface area contributed by atoms with Crippen LogP contribution in [0.4, 0.5) is 10.1 Å². The Morgan fingerprint density at radius 1 is 1.33 bits per heavy atom. The van der Waals surface area contributed by atoms with Gasteiger partial charge in [-0.2, -0.15) is 0 Å². The number of alkyl halides is 1. The van der Waals surface area contributed by atoms with Gasteiger partial charge in [0.1, 0.15) is 6.67 Å². The van der Waals surface area contributed by atoms with Gasteiger partial charge in [-0.05, 0) is 18.6 Å². The lowest BCUT2D eigenvalue weighted by molar-refractivity contribution is 0.497. The van der Waals surface area contributed by atoms with Crippen LogP contribution in [0.3, 0.4) is 0 Å². The van der Waals surface area contributed by atoms with Crippen LogP contribution >= 0.6 is 0 Å². The lowest BCUT2D eigenvalue weighted by atomic mass is 10.2. The Balaban J connectivity index is 2.79. The van der Waals surface area contributed by atoms with Gasteiger partial charge in [0.2, 0.25) is 0 Å². The Morgan fingerprint density at radius 3 is 2.58 bits per heavy atom. The highest BCUT2D eigenvalue weighted by Crippen LogP contribution is 2.16. The summed E-state index contributed by atoms with van der Waals surface area (Å²) in [5, 5.41) is 0. The van der Waals surface area contributed by atoms with E-state index >= 15 is 0 Å². The summed E-state index contributed by atoms with van der Waals surface area (Å²) in [4.78, 5) is 1.93. The van der Waals surface area contributed by atoms with Crippen molar-refractivity contribution in [1.29, 1.82) is 0 Å². The summed E-state index contributed by atoms with van der Waals surface area (Å²) in [6.07, 6.45) is 0. The topological polar surface area (TPSA) is 3.24 Å². The highest BCUT2D eigenvalue weighted by molar-refractivity contribution is 5.52. The molecule has 0 bridgehead atoms. The van der Waals surface area contributed by atoms with Crippen molar-refractivity contribution in [3.05, 3.63) is 29.8 Å². The Kier molecular flexibility index (Phi) is 3.09. The Hall–Kier alpha value is -1.05. The molecule has 1 aromatic rings. The van der Waals surface area contributed by atoms with Crippen molar-refractivity contribution in [3.63, 3.8) is 0 Å². The van der Waals surface area contributed by atoms with Crippen molar-refractivity contribution in [2.45, 2.75) is 6.92 Å². The third-order valence-corrected chi connectivity index (χ3v) is 1.95. The molecule has 0 unspecified atom stereocenters. The molecule has 0 aromatic heterocycles. The van der Waals surface area contributed by atoms with Crippen molar-refractivity contribution < 1.29 is 4.39 Å². The molecule has 0 aliphatic carbocycles. The standard InChI is InChI=1S/C10H14FN/c1-9-5-3-4-6-10(9)12(2)8-7-11/h3-6H,7-8H2,1-2H3. The zero-order valence-electron chi connectivity index (χ0n) is 7.55. The lowest BCUT2D eigenvalue weighted by Gasteiger charge is -2.19. The fourth-order valence-electron chi connectivity index (χ4n) is 1.24. The van der Waals surface area contributed by atoms with Crippen LogP contribution < -0.4 is 4.90 Å². The average Bonchev–Trinajstić information content (AvgIpc) is 2.05. The molecule has 0 N–H and O–H groups in total. The quantitative estimate of drug-likeness (QED) is 0.668. The molecule has 0 saturated carbocycles. The van der Waals surface area contributed by atoms with Crippen LogP contribution in [-0.4, -0.2) is 20.3 Å². The zero-order chi connectivity index (χ0) is 8.97. The first-order chi connectivity index (χ1) is 5.75. The second kappa shape index (κ2) is 4.10. The summed E-state index contributed by atoms with van der Waals surface area (Å²) in [7, 11) is 1.90. The highest BCUT2D eigenvalue weighted by Gasteiger charge is 2.01. The van der Waals surface area contributed by atoms with E-state index in [0.717, 1.165) is 5.69 Å². The van der Waals surface area contributed by atoms with Gasteiger partial charge in [-0.25, -0.2) is 4.39 Å². The summed E-state index contributed by atoms with van der Waals surface area (Å²) >= 11 is 0. The van der Waals surface area contributed by atoms with Gasteiger partial charge in [-0.15, -0.1) is 0 Å². The third-order valence-electron chi connectivity index (χ3n) is 1.95. The lowest BCUT2D eigenvalue weighted by Crippen LogP contribution is -2.20. The molecule has 2 heteroatoms. The molecule has 1 rings (SSSR count). The number of nitrogens with zero attached hydrogens (tertiary/aromatic N) is 1. The minimum absolute atomic E-state index is 0.301. The van der Waals surface area contributed by atoms with Gasteiger partial charge >= 0.3 is 0 Å². The van der Waals surface area contributed by atoms with Gasteiger partial charge in [0.15, 0.2) is 0 Å². The number of hydrogen-bond acceptors (Lipinski definition) is 1. The Morgan fingerprint density at radius 2 is 2.00 bits per heavy atom. The van der Waals surface area contributed by atoms with Gasteiger partial charge in [-0.3, -0.25) is 0 Å². The molecule has 12 heavy (non-hydrogen) atoms. The van der Waals surface area contributed by atoms with Crippen LogP contribution in [0, 0.1) is 6.92 Å². The zero-order valence-corrected chi connectivity index (χ0v) is 7.55. The summed E-state index contributed by atoms with van der Waals surface area (Å²) < 4.78 is 12.0. The molecule has 66 valence electrons. The molecular weight excluding hydrogens is 153 g/mol. The molecule has 0 heterocycles. The smallest absolute Gasteiger partial charge is 0.107 e. The summed E-state index contributed by atoms with van der Waals surface area (Å²) in [5.74, 6) is 0. The van der Waals surface area contributed by atoms with Crippen LogP contribution in [0.15, 0.2) is 24.3 Å². The SMILES string of the molecule is Cc1ccccc1N(C)CCF. The first-order valence-electron chi connectivity index (χ1n) is 4.08. The predicted octanol–water partition coefficient (Wildman–Crippen LogP) is 2.40. The number of aryl methyl sites for hydroxylation is 1. The van der Waals surface area contributed by atoms with Gasteiger partial charge in [0.05, 0.1) is 0 Å². The first-order valence-corrected chi connectivity index (χ1v) is 4.08. The molecule has 0 atom stereocenters. The molecule has 0 radical (unpaired) electrons. The molecule has 0 fully saturated rings. The van der Waals surface area contributed by atoms with E-state index in [-0.39, 0.29) is 6.67 Å². The molecule has 0 spiro atoms. The Bertz CT molecular complexity index is 247. The van der Waals surface area contributed by atoms with E-state index in [2.05, 4.69) is 0 Å². The minimum Gasteiger partial charge on any atom is -0.372 e. The molecule has 1 aromatic carbocycles. The number of benzene rings is 1. The number of anilines is 1. The van der Waals surface area contributed by atoms with E-state index in [1.807, 2.05) is 43.1 Å². The molecule has 0 aliphatic rings. The maximum Gasteiger partial charge on any atom is 0.107 e. The molecule has 1 nitrogen and oxygen atoms in total. The van der Waals surface area contributed by atoms with Crippen LogP contribution in [0.1, 0.15) is 5.56 Å². The number of hydrogen-bond donors (Lipinski definition) is 0. The van der Waals surface area contributed by atoms with Crippen molar-refractivity contribution in [2.24, 2.45) is 0 Å². The van der Waals surface area contributed by atoms with E-state index in [4.69, 9.17) is 0 Å². The van der Waals surface area contributed by atoms with Gasteiger partial charge in [0.25, 0.3) is 0 Å². The maximum atomic E-state index is 12.0. The summed E-state index contributed by atoms with van der Waals surface area (Å²) in [6, 6.07) is 7.99. The van der Waals surface area contributed by atoms with Crippen molar-refractivity contribution in [3.8, 4) is 0 Å². The van der Waals surface area contributed by atoms with Gasteiger partial charge in [-0.1, -0.05) is 18.2 Å². The monoisotopic (exact) mass is 167 g/mol. The van der Waals surface area contributed by atoms with E-state index in [1.54, 1.807) is 0 Å². The van der Waals surface area contributed by atoms with Crippen LogP contribution in [0.25, 0.3) is 0 Å². The van der Waals surface area contributed by atoms with Crippen molar-refractivity contribution >= 4 is 5.69 Å². The van der Waals surface area contributed by atoms with E-state index < -0.39 is 0 Å². The fraction of sp³-hybridized carbons (Fsp3) is 0.400. The maximum absolute atomic E-state index is 12.0. The predicted molar refractivity (Wildman–Crippen MR) is 50.4 cm³/mol. The van der Waals surface area contributed by atoms with E-state index in [0.29, 0.717) is 6.54 Å². The van der Waals surface area contributed by atoms with Gasteiger partial charge < -0.3 is 4.90 Å². The van der Waals surface area contributed by atoms with Crippen LogP contribution in [-0.2, 0) is 0 Å². The van der Waals surface area contributed by atoms with Crippen LogP contribution in [0.2, 0.25) is 0 Å².